The molecule has 0 bridgehead atoms. The van der Waals surface area contributed by atoms with E-state index in [9.17, 15) is 26.7 Å². The highest BCUT2D eigenvalue weighted by molar-refractivity contribution is 7.20. The first-order chi connectivity index (χ1) is 15.2. The maximum Gasteiger partial charge on any atom is 0.287 e. The van der Waals surface area contributed by atoms with Crippen molar-refractivity contribution in [3.63, 3.8) is 0 Å². The minimum Gasteiger partial charge on any atom is -0.458 e. The first-order valence-electron chi connectivity index (χ1n) is 9.44. The van der Waals surface area contributed by atoms with Crippen LogP contribution >= 0.6 is 11.3 Å². The van der Waals surface area contributed by atoms with Gasteiger partial charge in [-0.3, -0.25) is 4.79 Å². The number of aromatic nitrogens is 3. The summed E-state index contributed by atoms with van der Waals surface area (Å²) >= 11 is 0.608. The number of carbonyl (C=O) groups is 1. The lowest BCUT2D eigenvalue weighted by Crippen LogP contribution is -2.55. The molecule has 32 heavy (non-hydrogen) atoms. The zero-order valence-electron chi connectivity index (χ0n) is 16.1. The van der Waals surface area contributed by atoms with Crippen LogP contribution in [0.1, 0.15) is 16.8 Å². The number of likely N-dealkylation sites (tertiary alicyclic amines) is 1. The van der Waals surface area contributed by atoms with Gasteiger partial charge in [0.2, 0.25) is 0 Å². The predicted octanol–water partition coefficient (Wildman–Crippen LogP) is 4.29. The Morgan fingerprint density at radius 3 is 2.84 bits per heavy atom. The number of carbonyl (C=O) groups excluding carboxylic acids is 1. The van der Waals surface area contributed by atoms with E-state index in [0.717, 1.165) is 6.07 Å². The van der Waals surface area contributed by atoms with E-state index in [4.69, 9.17) is 4.74 Å². The van der Waals surface area contributed by atoms with Gasteiger partial charge in [-0.25, -0.2) is 26.9 Å². The first kappa shape index (κ1) is 20.6. The van der Waals surface area contributed by atoms with Gasteiger partial charge in [-0.15, -0.1) is 0 Å². The number of thiazole rings is 1. The van der Waals surface area contributed by atoms with Crippen molar-refractivity contribution in [2.24, 2.45) is 0 Å². The van der Waals surface area contributed by atoms with Crippen molar-refractivity contribution in [3.05, 3.63) is 59.8 Å². The van der Waals surface area contributed by atoms with Crippen LogP contribution < -0.4 is 4.74 Å². The van der Waals surface area contributed by atoms with E-state index in [1.54, 1.807) is 28.9 Å². The Morgan fingerprint density at radius 2 is 2.03 bits per heavy atom. The van der Waals surface area contributed by atoms with Crippen LogP contribution in [-0.4, -0.2) is 50.3 Å². The van der Waals surface area contributed by atoms with Crippen molar-refractivity contribution in [3.8, 4) is 5.19 Å². The summed E-state index contributed by atoms with van der Waals surface area (Å²) in [5, 5.41) is -0.377. The van der Waals surface area contributed by atoms with Crippen molar-refractivity contribution in [1.29, 1.82) is 0 Å². The Kier molecular flexibility index (Phi) is 4.77. The van der Waals surface area contributed by atoms with Gasteiger partial charge < -0.3 is 14.0 Å². The number of imidazole rings is 1. The van der Waals surface area contributed by atoms with Crippen molar-refractivity contribution in [2.45, 2.75) is 18.4 Å². The van der Waals surface area contributed by atoms with Crippen molar-refractivity contribution < 1.29 is 31.5 Å². The summed E-state index contributed by atoms with van der Waals surface area (Å²) < 4.78 is 76.8. The normalized spacial score (nSPS) is 18.4. The summed E-state index contributed by atoms with van der Waals surface area (Å²) in [5.74, 6) is -8.44. The highest BCUT2D eigenvalue weighted by Crippen LogP contribution is 2.36. The molecule has 0 N–H and O–H groups in total. The number of benzene rings is 1. The molecule has 0 aliphatic carbocycles. The number of fused-ring (bicyclic) bond motifs is 2. The lowest BCUT2D eigenvalue weighted by atomic mass is 10.0. The van der Waals surface area contributed by atoms with E-state index in [2.05, 4.69) is 9.97 Å². The van der Waals surface area contributed by atoms with Crippen molar-refractivity contribution >= 4 is 33.1 Å². The van der Waals surface area contributed by atoms with Gasteiger partial charge >= 0.3 is 0 Å². The van der Waals surface area contributed by atoms with Crippen LogP contribution in [0.3, 0.4) is 0 Å². The fourth-order valence-electron chi connectivity index (χ4n) is 3.59. The van der Waals surface area contributed by atoms with E-state index in [0.29, 0.717) is 17.0 Å². The number of hydrogen-bond acceptors (Lipinski definition) is 5. The van der Waals surface area contributed by atoms with Gasteiger partial charge in [0.15, 0.2) is 23.6 Å². The number of nitrogens with zero attached hydrogens (tertiary/aromatic N) is 4. The SMILES string of the molecule is O=C(c1cccn2ccnc12)N1CCC(F)(F)C(Oc2nc3c(F)c(F)c(F)cc3s2)C1. The van der Waals surface area contributed by atoms with Crippen LogP contribution in [0, 0.1) is 17.5 Å². The van der Waals surface area contributed by atoms with E-state index >= 15 is 0 Å². The van der Waals surface area contributed by atoms with Gasteiger partial charge in [0, 0.05) is 31.6 Å². The Balaban J connectivity index is 1.42. The maximum absolute atomic E-state index is 14.6. The number of piperidine rings is 1. The van der Waals surface area contributed by atoms with Crippen LogP contribution in [-0.2, 0) is 0 Å². The van der Waals surface area contributed by atoms with Crippen LogP contribution in [0.15, 0.2) is 36.8 Å². The van der Waals surface area contributed by atoms with Gasteiger partial charge in [0.05, 0.1) is 16.8 Å². The van der Waals surface area contributed by atoms with Crippen LogP contribution in [0.5, 0.6) is 5.19 Å². The average molecular weight is 468 g/mol. The molecule has 166 valence electrons. The molecule has 1 fully saturated rings. The summed E-state index contributed by atoms with van der Waals surface area (Å²) in [5.41, 5.74) is 0.120. The molecule has 1 aliphatic heterocycles. The van der Waals surface area contributed by atoms with Crippen molar-refractivity contribution in [1.82, 2.24) is 19.3 Å². The maximum atomic E-state index is 14.6. The van der Waals surface area contributed by atoms with E-state index in [1.807, 2.05) is 0 Å². The Labute approximate surface area is 180 Å². The first-order valence-corrected chi connectivity index (χ1v) is 10.3. The number of alkyl halides is 2. The quantitative estimate of drug-likeness (QED) is 0.333. The molecule has 5 rings (SSSR count). The van der Waals surface area contributed by atoms with E-state index < -0.39 is 53.9 Å². The predicted molar refractivity (Wildman–Crippen MR) is 105 cm³/mol. The summed E-state index contributed by atoms with van der Waals surface area (Å²) in [6, 6.07) is 3.91. The fourth-order valence-corrected chi connectivity index (χ4v) is 4.47. The second-order valence-corrected chi connectivity index (χ2v) is 8.25. The third-order valence-electron chi connectivity index (χ3n) is 5.25. The molecular formula is C20H13F5N4O2S. The number of ether oxygens (including phenoxy) is 1. The Hall–Kier alpha value is -3.28. The molecule has 4 aromatic rings. The number of pyridine rings is 1. The van der Waals surface area contributed by atoms with Gasteiger partial charge in [0.25, 0.3) is 17.0 Å². The molecular weight excluding hydrogens is 455 g/mol. The third kappa shape index (κ3) is 3.34. The van der Waals surface area contributed by atoms with Gasteiger partial charge in [-0.2, -0.15) is 4.98 Å². The molecule has 0 spiro atoms. The second kappa shape index (κ2) is 7.40. The molecule has 12 heteroatoms. The molecule has 1 atom stereocenters. The number of rotatable bonds is 3. The van der Waals surface area contributed by atoms with Gasteiger partial charge in [0.1, 0.15) is 11.2 Å². The number of hydrogen-bond donors (Lipinski definition) is 0. The molecule has 1 saturated heterocycles. The van der Waals surface area contributed by atoms with Gasteiger partial charge in [-0.1, -0.05) is 11.3 Å². The number of amides is 1. The molecule has 0 saturated carbocycles. The van der Waals surface area contributed by atoms with E-state index in [-0.39, 0.29) is 22.0 Å². The monoisotopic (exact) mass is 468 g/mol. The highest BCUT2D eigenvalue weighted by Gasteiger charge is 2.47. The zero-order chi connectivity index (χ0) is 22.6. The smallest absolute Gasteiger partial charge is 0.287 e. The lowest BCUT2D eigenvalue weighted by Gasteiger charge is -2.37. The molecule has 1 aliphatic rings. The topological polar surface area (TPSA) is 59.7 Å². The fraction of sp³-hybridized carbons (Fsp3) is 0.250. The highest BCUT2D eigenvalue weighted by atomic mass is 32.1. The standard InChI is InChI=1S/C20H13F5N4O2S/c21-11-8-12-16(15(23)14(11)22)27-19(32-12)31-13-9-29(6-3-20(13,24)25)18(30)10-2-1-5-28-7-4-26-17(10)28/h1-2,4-5,7-8,13H,3,6,9H2. The zero-order valence-corrected chi connectivity index (χ0v) is 16.9. The Bertz CT molecular complexity index is 1350. The molecule has 6 nitrogen and oxygen atoms in total. The van der Waals surface area contributed by atoms with Crippen LogP contribution in [0.25, 0.3) is 15.9 Å². The number of halogens is 5. The molecule has 0 radical (unpaired) electrons. The van der Waals surface area contributed by atoms with Crippen LogP contribution in [0.2, 0.25) is 0 Å². The summed E-state index contributed by atoms with van der Waals surface area (Å²) in [4.78, 5) is 22.1. The van der Waals surface area contributed by atoms with Gasteiger partial charge in [-0.05, 0) is 18.2 Å². The molecule has 1 unspecified atom stereocenters. The molecule has 4 heterocycles. The van der Waals surface area contributed by atoms with Crippen molar-refractivity contribution in [2.75, 3.05) is 13.1 Å². The second-order valence-electron chi connectivity index (χ2n) is 7.26. The van der Waals surface area contributed by atoms with Crippen LogP contribution in [0.4, 0.5) is 22.0 Å². The van der Waals surface area contributed by atoms with E-state index in [1.165, 1.54) is 11.1 Å². The summed E-state index contributed by atoms with van der Waals surface area (Å²) in [6.07, 6.45) is 2.43. The molecule has 3 aromatic heterocycles. The largest absolute Gasteiger partial charge is 0.458 e. The molecule has 1 aromatic carbocycles. The molecule has 1 amide bonds. The summed E-state index contributed by atoms with van der Waals surface area (Å²) in [7, 11) is 0. The summed E-state index contributed by atoms with van der Waals surface area (Å²) in [6.45, 7) is -0.674. The Morgan fingerprint density at radius 1 is 1.22 bits per heavy atom. The third-order valence-corrected chi connectivity index (χ3v) is 6.15. The minimum atomic E-state index is -3.30. The lowest BCUT2D eigenvalue weighted by molar-refractivity contribution is -0.130. The minimum absolute atomic E-state index is 0.0885. The average Bonchev–Trinajstić information content (AvgIpc) is 3.39.